The maximum absolute atomic E-state index is 10.9. The predicted octanol–water partition coefficient (Wildman–Crippen LogP) is 1.51. The Balaban J connectivity index is 2.38. The Morgan fingerprint density at radius 3 is 2.43 bits per heavy atom. The lowest BCUT2D eigenvalue weighted by Crippen LogP contribution is -2.02. The fraction of sp³-hybridized carbons (Fsp3) is 0.125. The van der Waals surface area contributed by atoms with Gasteiger partial charge in [-0.2, -0.15) is 8.42 Å². The third kappa shape index (κ3) is 2.02. The maximum atomic E-state index is 10.9. The summed E-state index contributed by atoms with van der Waals surface area (Å²) in [6, 6.07) is 7.21. The SMILES string of the molecule is O=S1(=O)N=C(c2ccc(Br)cc2)CO1. The van der Waals surface area contributed by atoms with Crippen molar-refractivity contribution in [3.8, 4) is 0 Å². The fourth-order valence-corrected chi connectivity index (χ4v) is 2.10. The van der Waals surface area contributed by atoms with Gasteiger partial charge in [0.1, 0.15) is 6.61 Å². The summed E-state index contributed by atoms with van der Waals surface area (Å²) >= 11 is 3.29. The topological polar surface area (TPSA) is 55.7 Å². The van der Waals surface area contributed by atoms with E-state index in [9.17, 15) is 8.42 Å². The number of nitrogens with zero attached hydrogens (tertiary/aromatic N) is 1. The van der Waals surface area contributed by atoms with Crippen molar-refractivity contribution >= 4 is 31.9 Å². The van der Waals surface area contributed by atoms with Crippen LogP contribution in [0, 0.1) is 0 Å². The van der Waals surface area contributed by atoms with Gasteiger partial charge in [-0.3, -0.25) is 0 Å². The minimum absolute atomic E-state index is 0.0178. The Labute approximate surface area is 90.0 Å². The molecule has 0 saturated carbocycles. The molecular formula is C8H6BrNO3S. The molecule has 0 spiro atoms. The molecule has 0 radical (unpaired) electrons. The zero-order valence-electron chi connectivity index (χ0n) is 6.97. The third-order valence-corrected chi connectivity index (χ3v) is 3.13. The molecule has 0 saturated heterocycles. The zero-order chi connectivity index (χ0) is 10.2. The summed E-state index contributed by atoms with van der Waals surface area (Å²) in [6.07, 6.45) is 0. The Bertz CT molecular complexity index is 478. The molecule has 1 aliphatic rings. The van der Waals surface area contributed by atoms with Crippen molar-refractivity contribution in [2.24, 2.45) is 4.40 Å². The van der Waals surface area contributed by atoms with Gasteiger partial charge in [0.25, 0.3) is 0 Å². The monoisotopic (exact) mass is 275 g/mol. The minimum Gasteiger partial charge on any atom is -0.246 e. The molecule has 1 aliphatic heterocycles. The molecular weight excluding hydrogens is 270 g/mol. The quantitative estimate of drug-likeness (QED) is 0.781. The predicted molar refractivity (Wildman–Crippen MR) is 55.6 cm³/mol. The van der Waals surface area contributed by atoms with Gasteiger partial charge in [0, 0.05) is 4.47 Å². The van der Waals surface area contributed by atoms with Crippen molar-refractivity contribution in [3.63, 3.8) is 0 Å². The van der Waals surface area contributed by atoms with E-state index in [-0.39, 0.29) is 6.61 Å². The van der Waals surface area contributed by atoms with Crippen LogP contribution >= 0.6 is 15.9 Å². The van der Waals surface area contributed by atoms with Gasteiger partial charge in [0.15, 0.2) is 0 Å². The van der Waals surface area contributed by atoms with Crippen LogP contribution in [0.1, 0.15) is 5.56 Å². The highest BCUT2D eigenvalue weighted by molar-refractivity contribution is 9.10. The molecule has 4 nitrogen and oxygen atoms in total. The third-order valence-electron chi connectivity index (χ3n) is 1.74. The van der Waals surface area contributed by atoms with Crippen LogP contribution < -0.4 is 0 Å². The molecule has 1 aromatic carbocycles. The number of rotatable bonds is 1. The van der Waals surface area contributed by atoms with Crippen LogP contribution in [0.2, 0.25) is 0 Å². The van der Waals surface area contributed by atoms with E-state index in [1.54, 1.807) is 12.1 Å². The maximum Gasteiger partial charge on any atom is 0.381 e. The molecule has 14 heavy (non-hydrogen) atoms. The average molecular weight is 276 g/mol. The normalized spacial score (nSPS) is 19.4. The van der Waals surface area contributed by atoms with E-state index >= 15 is 0 Å². The van der Waals surface area contributed by atoms with Gasteiger partial charge in [0.2, 0.25) is 0 Å². The Kier molecular flexibility index (Phi) is 2.42. The van der Waals surface area contributed by atoms with Crippen LogP contribution in [0.25, 0.3) is 0 Å². The lowest BCUT2D eigenvalue weighted by Gasteiger charge is -1.96. The van der Waals surface area contributed by atoms with E-state index in [0.717, 1.165) is 10.0 Å². The first-order chi connectivity index (χ1) is 6.57. The van der Waals surface area contributed by atoms with E-state index in [1.165, 1.54) is 0 Å². The Morgan fingerprint density at radius 1 is 1.29 bits per heavy atom. The second kappa shape index (κ2) is 3.45. The molecule has 0 aliphatic carbocycles. The summed E-state index contributed by atoms with van der Waals surface area (Å²) in [7, 11) is -3.68. The van der Waals surface area contributed by atoms with Crippen LogP contribution in [0.3, 0.4) is 0 Å². The summed E-state index contributed by atoms with van der Waals surface area (Å²) in [6.45, 7) is 0.0178. The van der Waals surface area contributed by atoms with Gasteiger partial charge < -0.3 is 0 Å². The molecule has 1 aromatic rings. The van der Waals surface area contributed by atoms with E-state index in [1.807, 2.05) is 12.1 Å². The largest absolute Gasteiger partial charge is 0.381 e. The van der Waals surface area contributed by atoms with Crippen LogP contribution in [0.15, 0.2) is 33.1 Å². The molecule has 0 bridgehead atoms. The van der Waals surface area contributed by atoms with E-state index in [0.29, 0.717) is 5.71 Å². The molecule has 74 valence electrons. The summed E-state index contributed by atoms with van der Waals surface area (Å²) in [5, 5.41) is 0. The molecule has 0 fully saturated rings. The van der Waals surface area contributed by atoms with E-state index in [4.69, 9.17) is 0 Å². The van der Waals surface area contributed by atoms with Crippen molar-refractivity contribution < 1.29 is 12.6 Å². The van der Waals surface area contributed by atoms with Crippen molar-refractivity contribution in [1.29, 1.82) is 0 Å². The number of hydrogen-bond donors (Lipinski definition) is 0. The molecule has 1 heterocycles. The summed E-state index contributed by atoms with van der Waals surface area (Å²) < 4.78 is 30.6. The van der Waals surface area contributed by atoms with Crippen LogP contribution in [0.4, 0.5) is 0 Å². The molecule has 2 rings (SSSR count). The van der Waals surface area contributed by atoms with Gasteiger partial charge in [-0.25, -0.2) is 4.18 Å². The first kappa shape index (κ1) is 9.82. The minimum atomic E-state index is -3.68. The van der Waals surface area contributed by atoms with E-state index in [2.05, 4.69) is 24.5 Å². The van der Waals surface area contributed by atoms with Crippen molar-refractivity contribution in [1.82, 2.24) is 0 Å². The lowest BCUT2D eigenvalue weighted by molar-refractivity contribution is 0.382. The van der Waals surface area contributed by atoms with Crippen LogP contribution in [0.5, 0.6) is 0 Å². The zero-order valence-corrected chi connectivity index (χ0v) is 9.38. The first-order valence-electron chi connectivity index (χ1n) is 3.81. The highest BCUT2D eigenvalue weighted by Gasteiger charge is 2.21. The Morgan fingerprint density at radius 2 is 1.93 bits per heavy atom. The molecule has 0 unspecified atom stereocenters. The van der Waals surface area contributed by atoms with Gasteiger partial charge in [0.05, 0.1) is 5.71 Å². The highest BCUT2D eigenvalue weighted by Crippen LogP contribution is 2.15. The molecule has 0 amide bonds. The number of benzene rings is 1. The second-order valence-corrected chi connectivity index (χ2v) is 4.92. The lowest BCUT2D eigenvalue weighted by atomic mass is 10.1. The molecule has 0 aromatic heterocycles. The van der Waals surface area contributed by atoms with Crippen molar-refractivity contribution in [3.05, 3.63) is 34.3 Å². The number of halogens is 1. The standard InChI is InChI=1S/C8H6BrNO3S/c9-7-3-1-6(2-4-7)8-5-13-14(11,12)10-8/h1-4H,5H2. The van der Waals surface area contributed by atoms with Gasteiger partial charge in [-0.1, -0.05) is 28.1 Å². The van der Waals surface area contributed by atoms with Crippen LogP contribution in [-0.2, 0) is 14.5 Å². The fourth-order valence-electron chi connectivity index (χ4n) is 1.10. The summed E-state index contributed by atoms with van der Waals surface area (Å²) in [5.74, 6) is 0. The summed E-state index contributed by atoms with van der Waals surface area (Å²) in [5.41, 5.74) is 1.20. The Hall–Kier alpha value is -0.720. The van der Waals surface area contributed by atoms with Gasteiger partial charge in [-0.15, -0.1) is 4.40 Å². The van der Waals surface area contributed by atoms with Gasteiger partial charge >= 0.3 is 10.3 Å². The number of hydrogen-bond acceptors (Lipinski definition) is 3. The molecule has 0 atom stereocenters. The summed E-state index contributed by atoms with van der Waals surface area (Å²) in [4.78, 5) is 0. The first-order valence-corrected chi connectivity index (χ1v) is 5.97. The smallest absolute Gasteiger partial charge is 0.246 e. The van der Waals surface area contributed by atoms with E-state index < -0.39 is 10.3 Å². The molecule has 0 N–H and O–H groups in total. The highest BCUT2D eigenvalue weighted by atomic mass is 79.9. The van der Waals surface area contributed by atoms with Crippen molar-refractivity contribution in [2.75, 3.05) is 6.61 Å². The van der Waals surface area contributed by atoms with Crippen LogP contribution in [-0.4, -0.2) is 20.7 Å². The van der Waals surface area contributed by atoms with Gasteiger partial charge in [-0.05, 0) is 17.7 Å². The van der Waals surface area contributed by atoms with Crippen molar-refractivity contribution in [2.45, 2.75) is 0 Å². The molecule has 6 heteroatoms. The second-order valence-electron chi connectivity index (χ2n) is 2.73. The average Bonchev–Trinajstić information content (AvgIpc) is 2.47.